The summed E-state index contributed by atoms with van der Waals surface area (Å²) in [6, 6.07) is 0. The van der Waals surface area contributed by atoms with Gasteiger partial charge in [-0.15, -0.1) is 0 Å². The van der Waals surface area contributed by atoms with Crippen molar-refractivity contribution in [1.29, 1.82) is 0 Å². The molecule has 0 atom stereocenters. The van der Waals surface area contributed by atoms with Crippen molar-refractivity contribution in [2.24, 2.45) is 0 Å². The predicted octanol–water partition coefficient (Wildman–Crippen LogP) is 4.39. The van der Waals surface area contributed by atoms with Gasteiger partial charge in [0.2, 0.25) is 0 Å². The van der Waals surface area contributed by atoms with Gasteiger partial charge in [0.15, 0.2) is 5.11 Å². The average molecular weight is 273 g/mol. The van der Waals surface area contributed by atoms with Crippen molar-refractivity contribution in [2.75, 3.05) is 13.1 Å². The van der Waals surface area contributed by atoms with Crippen LogP contribution in [0.4, 0.5) is 0 Å². The molecule has 0 amide bonds. The summed E-state index contributed by atoms with van der Waals surface area (Å²) in [7, 11) is 0. The topological polar surface area (TPSA) is 24.1 Å². The van der Waals surface area contributed by atoms with Crippen molar-refractivity contribution in [1.82, 2.24) is 10.6 Å². The Bertz CT molecular complexity index is 183. The van der Waals surface area contributed by atoms with Gasteiger partial charge in [-0.05, 0) is 25.6 Å². The van der Waals surface area contributed by atoms with E-state index in [1.807, 2.05) is 0 Å². The SMILES string of the molecule is CCCCCCCCCCCCNC(=S)NCC. The van der Waals surface area contributed by atoms with Crippen molar-refractivity contribution in [2.45, 2.75) is 78.1 Å². The Kier molecular flexibility index (Phi) is 14.5. The quantitative estimate of drug-likeness (QED) is 0.407. The van der Waals surface area contributed by atoms with Gasteiger partial charge in [-0.25, -0.2) is 0 Å². The van der Waals surface area contributed by atoms with Crippen molar-refractivity contribution < 1.29 is 0 Å². The van der Waals surface area contributed by atoms with Gasteiger partial charge in [-0.3, -0.25) is 0 Å². The van der Waals surface area contributed by atoms with Crippen molar-refractivity contribution in [3.05, 3.63) is 0 Å². The van der Waals surface area contributed by atoms with E-state index in [1.165, 1.54) is 64.2 Å². The first-order valence-electron chi connectivity index (χ1n) is 7.83. The molecule has 0 aliphatic heterocycles. The highest BCUT2D eigenvalue weighted by atomic mass is 32.1. The molecule has 0 aromatic rings. The van der Waals surface area contributed by atoms with Crippen LogP contribution in [0.25, 0.3) is 0 Å². The number of unbranched alkanes of at least 4 members (excludes halogenated alkanes) is 9. The zero-order valence-electron chi connectivity index (χ0n) is 12.4. The van der Waals surface area contributed by atoms with Crippen LogP contribution in [0, 0.1) is 0 Å². The molecule has 0 fully saturated rings. The van der Waals surface area contributed by atoms with E-state index in [4.69, 9.17) is 12.2 Å². The Morgan fingerprint density at radius 3 is 1.72 bits per heavy atom. The number of rotatable bonds is 12. The Labute approximate surface area is 119 Å². The molecule has 2 nitrogen and oxygen atoms in total. The van der Waals surface area contributed by atoms with E-state index in [2.05, 4.69) is 24.5 Å². The smallest absolute Gasteiger partial charge is 0.166 e. The van der Waals surface area contributed by atoms with Crippen LogP contribution in [0.5, 0.6) is 0 Å². The van der Waals surface area contributed by atoms with Crippen LogP contribution in [0.2, 0.25) is 0 Å². The normalized spacial score (nSPS) is 10.3. The average Bonchev–Trinajstić information content (AvgIpc) is 2.36. The molecule has 0 bridgehead atoms. The Morgan fingerprint density at radius 2 is 1.22 bits per heavy atom. The van der Waals surface area contributed by atoms with Crippen molar-refractivity contribution in [3.63, 3.8) is 0 Å². The fourth-order valence-electron chi connectivity index (χ4n) is 2.04. The third-order valence-corrected chi connectivity index (χ3v) is 3.44. The lowest BCUT2D eigenvalue weighted by molar-refractivity contribution is 0.554. The summed E-state index contributed by atoms with van der Waals surface area (Å²) in [5.74, 6) is 0. The molecule has 0 aromatic heterocycles. The van der Waals surface area contributed by atoms with Gasteiger partial charge >= 0.3 is 0 Å². The minimum Gasteiger partial charge on any atom is -0.363 e. The second kappa shape index (κ2) is 14.7. The van der Waals surface area contributed by atoms with Crippen LogP contribution in [-0.2, 0) is 0 Å². The molecule has 108 valence electrons. The van der Waals surface area contributed by atoms with Gasteiger partial charge in [-0.2, -0.15) is 0 Å². The molecule has 0 rings (SSSR count). The maximum atomic E-state index is 5.10. The molecule has 0 radical (unpaired) electrons. The summed E-state index contributed by atoms with van der Waals surface area (Å²) >= 11 is 5.10. The maximum Gasteiger partial charge on any atom is 0.166 e. The minimum atomic E-state index is 0.799. The molecule has 3 heteroatoms. The van der Waals surface area contributed by atoms with Gasteiger partial charge in [0.05, 0.1) is 0 Å². The Morgan fingerprint density at radius 1 is 0.722 bits per heavy atom. The summed E-state index contributed by atoms with van der Waals surface area (Å²) in [6.07, 6.45) is 13.8. The summed E-state index contributed by atoms with van der Waals surface area (Å²) < 4.78 is 0. The fourth-order valence-corrected chi connectivity index (χ4v) is 2.28. The van der Waals surface area contributed by atoms with E-state index in [0.717, 1.165) is 18.2 Å². The molecule has 0 unspecified atom stereocenters. The first-order chi connectivity index (χ1) is 8.81. The number of thiocarbonyl (C=S) groups is 1. The van der Waals surface area contributed by atoms with E-state index in [9.17, 15) is 0 Å². The van der Waals surface area contributed by atoms with E-state index < -0.39 is 0 Å². The highest BCUT2D eigenvalue weighted by Crippen LogP contribution is 2.10. The van der Waals surface area contributed by atoms with Crippen LogP contribution in [0.3, 0.4) is 0 Å². The third kappa shape index (κ3) is 13.8. The fraction of sp³-hybridized carbons (Fsp3) is 0.933. The monoisotopic (exact) mass is 272 g/mol. The molecular weight excluding hydrogens is 240 g/mol. The lowest BCUT2D eigenvalue weighted by Crippen LogP contribution is -2.35. The summed E-state index contributed by atoms with van der Waals surface area (Å²) in [6.45, 7) is 6.26. The second-order valence-corrected chi connectivity index (χ2v) is 5.38. The van der Waals surface area contributed by atoms with Gasteiger partial charge in [0.1, 0.15) is 0 Å². The molecule has 0 saturated carbocycles. The van der Waals surface area contributed by atoms with Crippen LogP contribution in [0.15, 0.2) is 0 Å². The summed E-state index contributed by atoms with van der Waals surface area (Å²) in [4.78, 5) is 0. The molecule has 0 heterocycles. The number of nitrogens with one attached hydrogen (secondary N) is 2. The number of hydrogen-bond donors (Lipinski definition) is 2. The molecule has 0 aliphatic carbocycles. The molecule has 0 aliphatic rings. The second-order valence-electron chi connectivity index (χ2n) is 4.97. The molecule has 0 spiro atoms. The van der Waals surface area contributed by atoms with Crippen LogP contribution >= 0.6 is 12.2 Å². The van der Waals surface area contributed by atoms with E-state index in [0.29, 0.717) is 0 Å². The van der Waals surface area contributed by atoms with Gasteiger partial charge in [0, 0.05) is 13.1 Å². The molecule has 2 N–H and O–H groups in total. The third-order valence-electron chi connectivity index (χ3n) is 3.15. The lowest BCUT2D eigenvalue weighted by Gasteiger charge is -2.08. The predicted molar refractivity (Wildman–Crippen MR) is 86.1 cm³/mol. The standard InChI is InChI=1S/C15H32N2S/c1-3-5-6-7-8-9-10-11-12-13-14-17-15(18)16-4-2/h3-14H2,1-2H3,(H2,16,17,18). The zero-order valence-corrected chi connectivity index (χ0v) is 13.2. The van der Waals surface area contributed by atoms with Crippen molar-refractivity contribution >= 4 is 17.3 Å². The van der Waals surface area contributed by atoms with E-state index >= 15 is 0 Å². The molecular formula is C15H32N2S. The van der Waals surface area contributed by atoms with Gasteiger partial charge in [-0.1, -0.05) is 64.7 Å². The first-order valence-corrected chi connectivity index (χ1v) is 8.23. The van der Waals surface area contributed by atoms with Crippen LogP contribution in [-0.4, -0.2) is 18.2 Å². The van der Waals surface area contributed by atoms with Gasteiger partial charge < -0.3 is 10.6 Å². The highest BCUT2D eigenvalue weighted by Gasteiger charge is 1.94. The number of hydrogen-bond acceptors (Lipinski definition) is 1. The lowest BCUT2D eigenvalue weighted by atomic mass is 10.1. The Hall–Kier alpha value is -0.310. The van der Waals surface area contributed by atoms with Crippen LogP contribution < -0.4 is 10.6 Å². The molecule has 0 aromatic carbocycles. The summed E-state index contributed by atoms with van der Waals surface area (Å²) in [5, 5.41) is 7.13. The first kappa shape index (κ1) is 17.7. The Balaban J connectivity index is 3.01. The molecule has 0 saturated heterocycles. The van der Waals surface area contributed by atoms with E-state index in [1.54, 1.807) is 0 Å². The van der Waals surface area contributed by atoms with E-state index in [-0.39, 0.29) is 0 Å². The minimum absolute atomic E-state index is 0.799. The molecule has 18 heavy (non-hydrogen) atoms. The maximum absolute atomic E-state index is 5.10. The largest absolute Gasteiger partial charge is 0.363 e. The van der Waals surface area contributed by atoms with Crippen LogP contribution in [0.1, 0.15) is 78.1 Å². The highest BCUT2D eigenvalue weighted by molar-refractivity contribution is 7.80. The zero-order chi connectivity index (χ0) is 13.5. The van der Waals surface area contributed by atoms with Crippen molar-refractivity contribution in [3.8, 4) is 0 Å². The summed E-state index contributed by atoms with van der Waals surface area (Å²) in [5.41, 5.74) is 0. The van der Waals surface area contributed by atoms with Gasteiger partial charge in [0.25, 0.3) is 0 Å².